The molecule has 1 nitrogen and oxygen atoms in total. The van der Waals surface area contributed by atoms with Crippen LogP contribution in [0.4, 0.5) is 0 Å². The first kappa shape index (κ1) is 21.4. The van der Waals surface area contributed by atoms with E-state index >= 15 is 0 Å². The van der Waals surface area contributed by atoms with E-state index in [9.17, 15) is 0 Å². The summed E-state index contributed by atoms with van der Waals surface area (Å²) in [6, 6.07) is 20.1. The summed E-state index contributed by atoms with van der Waals surface area (Å²) >= 11 is 4.06. The fourth-order valence-corrected chi connectivity index (χ4v) is 5.23. The van der Waals surface area contributed by atoms with Crippen LogP contribution in [0.25, 0.3) is 0 Å². The van der Waals surface area contributed by atoms with Gasteiger partial charge in [0.25, 0.3) is 0 Å². The van der Waals surface area contributed by atoms with Crippen molar-refractivity contribution in [3.63, 3.8) is 0 Å². The molecule has 0 bridgehead atoms. The van der Waals surface area contributed by atoms with Crippen LogP contribution in [-0.2, 0) is 0 Å². The fraction of sp³-hybridized carbons (Fsp3) is 0.478. The van der Waals surface area contributed by atoms with Crippen molar-refractivity contribution in [2.75, 3.05) is 32.1 Å². The molecule has 0 saturated carbocycles. The summed E-state index contributed by atoms with van der Waals surface area (Å²) in [5, 5.41) is 0.414. The zero-order valence-electron chi connectivity index (χ0n) is 16.5. The van der Waals surface area contributed by atoms with Crippen molar-refractivity contribution in [1.82, 2.24) is 4.90 Å². The Morgan fingerprint density at radius 3 is 2.35 bits per heavy atom. The Labute approximate surface area is 169 Å². The summed E-state index contributed by atoms with van der Waals surface area (Å²) in [5.41, 5.74) is 2.83. The standard InChI is InChI=1S/C23H33NS2/c1-4-5-6-10-17-25-22-15-11-14-21(19-22)23(26-18-16-24(2)3)20-12-8-7-9-13-20/h7-9,11-15,19,23H,4-6,10,16-18H2,1-3H3. The predicted molar refractivity (Wildman–Crippen MR) is 121 cm³/mol. The van der Waals surface area contributed by atoms with Crippen LogP contribution in [0.15, 0.2) is 59.5 Å². The van der Waals surface area contributed by atoms with Crippen molar-refractivity contribution < 1.29 is 0 Å². The maximum Gasteiger partial charge on any atom is 0.0547 e. The molecule has 2 rings (SSSR count). The lowest BCUT2D eigenvalue weighted by Gasteiger charge is -2.20. The third-order valence-corrected chi connectivity index (χ3v) is 6.73. The van der Waals surface area contributed by atoms with Crippen LogP contribution in [0.3, 0.4) is 0 Å². The first-order valence-corrected chi connectivity index (χ1v) is 11.8. The molecule has 0 saturated heterocycles. The third-order valence-electron chi connectivity index (χ3n) is 4.35. The summed E-state index contributed by atoms with van der Waals surface area (Å²) in [4.78, 5) is 3.67. The largest absolute Gasteiger partial charge is 0.309 e. The van der Waals surface area contributed by atoms with E-state index < -0.39 is 0 Å². The second-order valence-corrected chi connectivity index (χ2v) is 9.33. The molecule has 1 unspecified atom stereocenters. The maximum atomic E-state index is 2.41. The number of benzene rings is 2. The van der Waals surface area contributed by atoms with Gasteiger partial charge in [0.2, 0.25) is 0 Å². The van der Waals surface area contributed by atoms with Gasteiger partial charge in [-0.3, -0.25) is 0 Å². The molecule has 0 aliphatic rings. The number of unbranched alkanes of at least 4 members (excludes halogenated alkanes) is 3. The van der Waals surface area contributed by atoms with E-state index in [2.05, 4.69) is 80.5 Å². The Kier molecular flexibility index (Phi) is 10.3. The van der Waals surface area contributed by atoms with Gasteiger partial charge >= 0.3 is 0 Å². The monoisotopic (exact) mass is 387 g/mol. The number of rotatable bonds is 12. The second kappa shape index (κ2) is 12.5. The summed E-state index contributed by atoms with van der Waals surface area (Å²) < 4.78 is 0. The molecule has 0 spiro atoms. The van der Waals surface area contributed by atoms with Gasteiger partial charge in [0.1, 0.15) is 0 Å². The van der Waals surface area contributed by atoms with Crippen LogP contribution in [0.5, 0.6) is 0 Å². The molecular weight excluding hydrogens is 354 g/mol. The Balaban J connectivity index is 2.05. The summed E-state index contributed by atoms with van der Waals surface area (Å²) in [7, 11) is 4.29. The zero-order valence-corrected chi connectivity index (χ0v) is 18.1. The average Bonchev–Trinajstić information content (AvgIpc) is 2.66. The molecule has 0 radical (unpaired) electrons. The van der Waals surface area contributed by atoms with Crippen LogP contribution >= 0.6 is 23.5 Å². The van der Waals surface area contributed by atoms with E-state index in [1.54, 1.807) is 0 Å². The molecule has 3 heteroatoms. The van der Waals surface area contributed by atoms with E-state index in [1.165, 1.54) is 47.5 Å². The van der Waals surface area contributed by atoms with Crippen molar-refractivity contribution in [2.24, 2.45) is 0 Å². The predicted octanol–water partition coefficient (Wildman–Crippen LogP) is 6.74. The van der Waals surface area contributed by atoms with Gasteiger partial charge < -0.3 is 4.90 Å². The molecule has 0 aromatic heterocycles. The minimum absolute atomic E-state index is 0.414. The summed E-state index contributed by atoms with van der Waals surface area (Å²) in [6.07, 6.45) is 5.35. The Hall–Kier alpha value is -0.900. The number of thioether (sulfide) groups is 2. The van der Waals surface area contributed by atoms with Gasteiger partial charge in [0.15, 0.2) is 0 Å². The van der Waals surface area contributed by atoms with Crippen molar-refractivity contribution in [2.45, 2.75) is 42.8 Å². The summed E-state index contributed by atoms with van der Waals surface area (Å²) in [5.74, 6) is 2.37. The molecule has 26 heavy (non-hydrogen) atoms. The molecule has 2 aromatic carbocycles. The van der Waals surface area contributed by atoms with Crippen LogP contribution < -0.4 is 0 Å². The number of hydrogen-bond acceptors (Lipinski definition) is 3. The quantitative estimate of drug-likeness (QED) is 0.293. The van der Waals surface area contributed by atoms with Gasteiger partial charge in [-0.15, -0.1) is 23.5 Å². The van der Waals surface area contributed by atoms with Gasteiger partial charge in [-0.05, 0) is 49.5 Å². The molecule has 0 aliphatic carbocycles. The van der Waals surface area contributed by atoms with E-state index in [-0.39, 0.29) is 0 Å². The van der Waals surface area contributed by atoms with Gasteiger partial charge in [-0.25, -0.2) is 0 Å². The normalized spacial score (nSPS) is 12.5. The van der Waals surface area contributed by atoms with Crippen LogP contribution in [0.2, 0.25) is 0 Å². The smallest absolute Gasteiger partial charge is 0.0547 e. The van der Waals surface area contributed by atoms with E-state index in [4.69, 9.17) is 0 Å². The molecule has 0 fully saturated rings. The Bertz CT molecular complexity index is 613. The zero-order chi connectivity index (χ0) is 18.6. The van der Waals surface area contributed by atoms with Crippen LogP contribution in [0.1, 0.15) is 49.0 Å². The highest BCUT2D eigenvalue weighted by Crippen LogP contribution is 2.37. The highest BCUT2D eigenvalue weighted by molar-refractivity contribution is 7.99. The van der Waals surface area contributed by atoms with E-state index in [0.29, 0.717) is 5.25 Å². The van der Waals surface area contributed by atoms with Gasteiger partial charge in [0, 0.05) is 17.2 Å². The topological polar surface area (TPSA) is 3.24 Å². The highest BCUT2D eigenvalue weighted by atomic mass is 32.2. The maximum absolute atomic E-state index is 2.41. The Morgan fingerprint density at radius 1 is 0.846 bits per heavy atom. The lowest BCUT2D eigenvalue weighted by molar-refractivity contribution is 0.437. The van der Waals surface area contributed by atoms with Crippen LogP contribution in [-0.4, -0.2) is 37.0 Å². The minimum Gasteiger partial charge on any atom is -0.309 e. The molecular formula is C23H33NS2. The molecule has 0 heterocycles. The first-order chi connectivity index (χ1) is 12.7. The first-order valence-electron chi connectivity index (χ1n) is 9.74. The van der Waals surface area contributed by atoms with Gasteiger partial charge in [-0.1, -0.05) is 68.7 Å². The molecule has 0 N–H and O–H groups in total. The molecule has 1 atom stereocenters. The van der Waals surface area contributed by atoms with Gasteiger partial charge in [0.05, 0.1) is 5.25 Å². The van der Waals surface area contributed by atoms with E-state index in [1.807, 2.05) is 23.5 Å². The average molecular weight is 388 g/mol. The second-order valence-electron chi connectivity index (χ2n) is 6.95. The van der Waals surface area contributed by atoms with E-state index in [0.717, 1.165) is 12.3 Å². The highest BCUT2D eigenvalue weighted by Gasteiger charge is 2.15. The summed E-state index contributed by atoms with van der Waals surface area (Å²) in [6.45, 7) is 3.38. The van der Waals surface area contributed by atoms with Crippen LogP contribution in [0, 0.1) is 0 Å². The fourth-order valence-electron chi connectivity index (χ4n) is 2.85. The molecule has 142 valence electrons. The molecule has 0 amide bonds. The third kappa shape index (κ3) is 7.77. The molecule has 0 aliphatic heterocycles. The number of nitrogens with zero attached hydrogens (tertiary/aromatic N) is 1. The van der Waals surface area contributed by atoms with Crippen molar-refractivity contribution in [3.8, 4) is 0 Å². The Morgan fingerprint density at radius 2 is 1.62 bits per heavy atom. The lowest BCUT2D eigenvalue weighted by Crippen LogP contribution is -2.15. The molecule has 2 aromatic rings. The van der Waals surface area contributed by atoms with Gasteiger partial charge in [-0.2, -0.15) is 0 Å². The lowest BCUT2D eigenvalue weighted by atomic mass is 10.0. The minimum atomic E-state index is 0.414. The van der Waals surface area contributed by atoms with Crippen molar-refractivity contribution in [1.29, 1.82) is 0 Å². The SMILES string of the molecule is CCCCCCSc1cccc(C(SCCN(C)C)c2ccccc2)c1. The number of hydrogen-bond donors (Lipinski definition) is 0. The van der Waals surface area contributed by atoms with Crippen molar-refractivity contribution >= 4 is 23.5 Å². The van der Waals surface area contributed by atoms with Crippen molar-refractivity contribution in [3.05, 3.63) is 65.7 Å².